The van der Waals surface area contributed by atoms with Crippen LogP contribution >= 0.6 is 8.53 Å². The molecule has 0 saturated carbocycles. The van der Waals surface area contributed by atoms with E-state index in [4.69, 9.17) is 21.7 Å². The summed E-state index contributed by atoms with van der Waals surface area (Å²) in [4.78, 5) is 33.5. The molecule has 1 amide bonds. The molecule has 2 aliphatic rings. The number of fused-ring (bicyclic) bond motifs is 2. The van der Waals surface area contributed by atoms with Crippen LogP contribution in [-0.4, -0.2) is 71.8 Å². The van der Waals surface area contributed by atoms with Crippen LogP contribution in [0, 0.1) is 13.5 Å². The number of nitrogens with zero attached hydrogens (tertiary/aromatic N) is 4. The van der Waals surface area contributed by atoms with Crippen molar-refractivity contribution >= 4 is 31.1 Å². The number of aryl methyl sites for hydroxylation is 1. The van der Waals surface area contributed by atoms with Crippen LogP contribution in [0.3, 0.4) is 0 Å². The van der Waals surface area contributed by atoms with Crippen molar-refractivity contribution in [2.24, 2.45) is 0 Å². The Balaban J connectivity index is 1.67. The summed E-state index contributed by atoms with van der Waals surface area (Å²) in [6.07, 6.45) is -0.275. The van der Waals surface area contributed by atoms with Crippen LogP contribution in [0.1, 0.15) is 65.0 Å². The summed E-state index contributed by atoms with van der Waals surface area (Å²) < 4.78 is 44.8. The third-order valence-corrected chi connectivity index (χ3v) is 11.5. The number of benzene rings is 1. The second-order valence-electron chi connectivity index (χ2n) is 10.7. The third-order valence-electron chi connectivity index (χ3n) is 7.24. The van der Waals surface area contributed by atoms with E-state index in [-0.39, 0.29) is 38.0 Å². The fraction of sp³-hybridized carbons (Fsp3) is 0.571. The SMILES string of the molecule is [2H]C[C@@]12O[C@@H](n3cc(C)c(NC(=O)c4ccccc4)nc3=O)[C@@H]([C@@H]1OP(OCC[N+]#[C-])N(C(C)C)C(C)C)S(=O)[C@H]2C. The maximum Gasteiger partial charge on any atom is 0.351 e. The van der Waals surface area contributed by atoms with Gasteiger partial charge in [0, 0.05) is 41.6 Å². The van der Waals surface area contributed by atoms with E-state index in [1.54, 1.807) is 44.2 Å². The van der Waals surface area contributed by atoms with Gasteiger partial charge in [-0.05, 0) is 60.6 Å². The lowest BCUT2D eigenvalue weighted by atomic mass is 9.96. The van der Waals surface area contributed by atoms with Gasteiger partial charge in [0.1, 0.15) is 29.4 Å². The molecule has 2 aromatic rings. The third kappa shape index (κ3) is 6.17. The molecule has 7 atom stereocenters. The molecular weight excluding hydrogens is 565 g/mol. The van der Waals surface area contributed by atoms with E-state index in [2.05, 4.69) is 19.8 Å². The van der Waals surface area contributed by atoms with Gasteiger partial charge in [-0.3, -0.25) is 13.6 Å². The average Bonchev–Trinajstić information content (AvgIpc) is 3.37. The Morgan fingerprint density at radius 1 is 1.34 bits per heavy atom. The summed E-state index contributed by atoms with van der Waals surface area (Å²) >= 11 is 0. The highest BCUT2D eigenvalue weighted by molar-refractivity contribution is 7.86. The molecule has 4 rings (SSSR count). The number of nitrogens with one attached hydrogen (secondary N) is 1. The predicted octanol–water partition coefficient (Wildman–Crippen LogP) is 4.28. The first kappa shape index (κ1) is 30.0. The Kier molecular flexibility index (Phi) is 9.33. The zero-order valence-corrected chi connectivity index (χ0v) is 25.9. The number of carbonyl (C=O) groups excluding carboxylic acids is 1. The standard InChI is InChI=1S/C28H38N5O6PS/c1-17(2)33(18(3)4)40(37-15-14-29-8)39-23-22-26(38-28(23,7)20(6)41(22)36)32-16-19(5)24(31-27(32)35)30-25(34)21-12-10-9-11-13-21/h9-13,16-18,20,22-23,26H,14-15H2,1-7H3,(H,30,31,34,35)/t20-,22+,23-,26+,28-,40?,41?/m0/s1/i7D. The van der Waals surface area contributed by atoms with Gasteiger partial charge in [0.05, 0.1) is 5.25 Å². The van der Waals surface area contributed by atoms with E-state index in [0.29, 0.717) is 11.1 Å². The molecule has 2 fully saturated rings. The van der Waals surface area contributed by atoms with Gasteiger partial charge in [0.15, 0.2) is 6.23 Å². The maximum absolute atomic E-state index is 13.8. The molecule has 11 nitrogen and oxygen atoms in total. The van der Waals surface area contributed by atoms with Crippen molar-refractivity contribution in [3.8, 4) is 0 Å². The first-order chi connectivity index (χ1) is 20.0. The average molecular weight is 605 g/mol. The molecular formula is C28H38N5O6PS. The van der Waals surface area contributed by atoms with Gasteiger partial charge in [-0.15, -0.1) is 0 Å². The molecule has 13 heteroatoms. The van der Waals surface area contributed by atoms with E-state index in [1.807, 2.05) is 27.7 Å². The van der Waals surface area contributed by atoms with E-state index >= 15 is 0 Å². The summed E-state index contributed by atoms with van der Waals surface area (Å²) in [6.45, 7) is 18.8. The van der Waals surface area contributed by atoms with Crippen LogP contribution in [0.15, 0.2) is 41.3 Å². The molecule has 2 bridgehead atoms. The van der Waals surface area contributed by atoms with E-state index in [0.717, 1.165) is 0 Å². The Bertz CT molecular complexity index is 1400. The van der Waals surface area contributed by atoms with Crippen molar-refractivity contribution in [2.75, 3.05) is 18.5 Å². The van der Waals surface area contributed by atoms with Crippen molar-refractivity contribution in [1.82, 2.24) is 14.2 Å². The van der Waals surface area contributed by atoms with Gasteiger partial charge < -0.3 is 23.9 Å². The Morgan fingerprint density at radius 2 is 2.02 bits per heavy atom. The van der Waals surface area contributed by atoms with Gasteiger partial charge in [-0.1, -0.05) is 18.2 Å². The zero-order chi connectivity index (χ0) is 30.8. The number of rotatable bonds is 11. The quantitative estimate of drug-likeness (QED) is 0.230. The number of aromatic nitrogens is 2. The minimum absolute atomic E-state index is 0.0443. The molecule has 2 unspecified atom stereocenters. The highest BCUT2D eigenvalue weighted by atomic mass is 32.2. The molecule has 3 heterocycles. The van der Waals surface area contributed by atoms with Crippen molar-refractivity contribution in [3.63, 3.8) is 0 Å². The number of hydrogen-bond donors (Lipinski definition) is 1. The fourth-order valence-corrected chi connectivity index (χ4v) is 9.06. The maximum atomic E-state index is 13.8. The van der Waals surface area contributed by atoms with E-state index < -0.39 is 59.4 Å². The zero-order valence-electron chi connectivity index (χ0n) is 25.1. The van der Waals surface area contributed by atoms with Crippen LogP contribution in [0.25, 0.3) is 4.85 Å². The van der Waals surface area contributed by atoms with Crippen molar-refractivity contribution in [2.45, 2.75) is 89.0 Å². The molecule has 1 aromatic carbocycles. The number of amides is 1. The Morgan fingerprint density at radius 3 is 2.63 bits per heavy atom. The molecule has 222 valence electrons. The molecule has 2 aliphatic heterocycles. The predicted molar refractivity (Wildman–Crippen MR) is 159 cm³/mol. The Hall–Kier alpha value is -2.52. The van der Waals surface area contributed by atoms with Crippen molar-refractivity contribution in [1.29, 1.82) is 0 Å². The second kappa shape index (κ2) is 12.8. The molecule has 0 radical (unpaired) electrons. The second-order valence-corrected chi connectivity index (χ2v) is 14.0. The molecule has 2 saturated heterocycles. The summed E-state index contributed by atoms with van der Waals surface area (Å²) in [5.74, 6) is -0.283. The van der Waals surface area contributed by atoms with Crippen LogP contribution in [0.4, 0.5) is 5.82 Å². The topological polar surface area (TPSA) is 116 Å². The summed E-state index contributed by atoms with van der Waals surface area (Å²) in [6, 6.07) is 8.69. The number of hydrogen-bond acceptors (Lipinski definition) is 8. The largest absolute Gasteiger partial charge is 0.351 e. The summed E-state index contributed by atoms with van der Waals surface area (Å²) in [5, 5.41) is 1.39. The summed E-state index contributed by atoms with van der Waals surface area (Å²) in [5.41, 5.74) is -1.01. The number of anilines is 1. The van der Waals surface area contributed by atoms with Crippen LogP contribution < -0.4 is 11.0 Å². The molecule has 0 aliphatic carbocycles. The lowest BCUT2D eigenvalue weighted by Gasteiger charge is -2.38. The van der Waals surface area contributed by atoms with E-state index in [9.17, 15) is 13.8 Å². The van der Waals surface area contributed by atoms with Gasteiger partial charge >= 0.3 is 5.69 Å². The van der Waals surface area contributed by atoms with E-state index in [1.165, 1.54) is 10.8 Å². The van der Waals surface area contributed by atoms with Crippen LogP contribution in [0.2, 0.25) is 0 Å². The molecule has 0 spiro atoms. The number of carbonyl (C=O) groups is 1. The summed E-state index contributed by atoms with van der Waals surface area (Å²) in [7, 11) is -3.22. The smallest absolute Gasteiger partial charge is 0.346 e. The lowest BCUT2D eigenvalue weighted by Crippen LogP contribution is -2.45. The highest BCUT2D eigenvalue weighted by Crippen LogP contribution is 2.57. The fourth-order valence-electron chi connectivity index (χ4n) is 5.18. The normalized spacial score (nSPS) is 28.2. The lowest BCUT2D eigenvalue weighted by molar-refractivity contribution is -0.0895. The minimum Gasteiger partial charge on any atom is -0.346 e. The first-order valence-electron chi connectivity index (χ1n) is 14.2. The number of ether oxygens (including phenoxy) is 1. The highest BCUT2D eigenvalue weighted by Gasteiger charge is 2.68. The van der Waals surface area contributed by atoms with Crippen LogP contribution in [0.5, 0.6) is 0 Å². The van der Waals surface area contributed by atoms with Crippen molar-refractivity contribution in [3.05, 3.63) is 69.6 Å². The molecule has 1 aromatic heterocycles. The van der Waals surface area contributed by atoms with Crippen molar-refractivity contribution < 1.29 is 24.2 Å². The van der Waals surface area contributed by atoms with Gasteiger partial charge in [-0.25, -0.2) is 16.0 Å². The Labute approximate surface area is 246 Å². The van der Waals surface area contributed by atoms with Gasteiger partial charge in [0.2, 0.25) is 6.54 Å². The first-order valence-corrected chi connectivity index (χ1v) is 15.9. The van der Waals surface area contributed by atoms with Gasteiger partial charge in [0.25, 0.3) is 14.4 Å². The molecule has 41 heavy (non-hydrogen) atoms. The van der Waals surface area contributed by atoms with Crippen LogP contribution in [-0.2, 0) is 24.6 Å². The van der Waals surface area contributed by atoms with Gasteiger partial charge in [-0.2, -0.15) is 4.98 Å². The monoisotopic (exact) mass is 604 g/mol. The minimum atomic E-state index is -1.71. The molecule has 1 N–H and O–H groups in total.